The number of unbranched alkanes of at least 4 members (excludes halogenated alkanes) is 3. The minimum Gasteiger partial charge on any atom is -0.491 e. The zero-order chi connectivity index (χ0) is 17.7. The van der Waals surface area contributed by atoms with E-state index < -0.39 is 21.7 Å². The van der Waals surface area contributed by atoms with Crippen LogP contribution in [0.2, 0.25) is 0 Å². The quantitative estimate of drug-likeness (QED) is 0.435. The molecule has 0 aliphatic heterocycles. The molecule has 2 aromatic rings. The first-order chi connectivity index (χ1) is 11.5. The summed E-state index contributed by atoms with van der Waals surface area (Å²) in [6.45, 7) is 1.17. The van der Waals surface area contributed by atoms with Crippen LogP contribution in [0, 0.1) is 0 Å². The molecule has 2 rings (SSSR count). The van der Waals surface area contributed by atoms with Gasteiger partial charge in [-0.05, 0) is 12.8 Å². The van der Waals surface area contributed by atoms with E-state index in [1.165, 1.54) is 14.2 Å². The Morgan fingerprint density at radius 2 is 1.00 bits per heavy atom. The number of hydrogen-bond acceptors (Lipinski definition) is 8. The highest BCUT2D eigenvalue weighted by atomic mass is 16.5. The fraction of sp³-hybridized carbons (Fsp3) is 0.500. The largest absolute Gasteiger partial charge is 0.491 e. The van der Waals surface area contributed by atoms with E-state index in [1.807, 2.05) is 0 Å². The lowest BCUT2D eigenvalue weighted by atomic mass is 10.1. The second-order valence-corrected chi connectivity index (χ2v) is 5.40. The van der Waals surface area contributed by atoms with E-state index in [-0.39, 0.29) is 22.9 Å². The summed E-state index contributed by atoms with van der Waals surface area (Å²) in [7, 11) is 2.72. The molecule has 0 saturated carbocycles. The second-order valence-electron chi connectivity index (χ2n) is 5.40. The maximum atomic E-state index is 11.3. The summed E-state index contributed by atoms with van der Waals surface area (Å²) in [4.78, 5) is 44.9. The summed E-state index contributed by atoms with van der Waals surface area (Å²) in [5.41, 5.74) is -1.71. The van der Waals surface area contributed by atoms with Gasteiger partial charge in [0.25, 0.3) is 21.7 Å². The van der Waals surface area contributed by atoms with Crippen LogP contribution in [-0.4, -0.2) is 27.3 Å². The Labute approximate surface area is 137 Å². The molecule has 8 heteroatoms. The summed E-state index contributed by atoms with van der Waals surface area (Å²) in [6.07, 6.45) is 3.53. The molecule has 0 atom stereocenters. The van der Waals surface area contributed by atoms with Gasteiger partial charge in [-0.3, -0.25) is 19.2 Å². The lowest BCUT2D eigenvalue weighted by molar-refractivity contribution is 0.407. The van der Waals surface area contributed by atoms with Crippen molar-refractivity contribution in [2.45, 2.75) is 25.7 Å². The number of nitrogens with one attached hydrogen (secondary N) is 2. The molecular weight excluding hydrogens is 316 g/mol. The molecular formula is C16H20N2O6. The van der Waals surface area contributed by atoms with Gasteiger partial charge in [-0.25, -0.2) is 0 Å². The molecule has 0 spiro atoms. The van der Waals surface area contributed by atoms with Crippen LogP contribution < -0.4 is 41.8 Å². The minimum atomic E-state index is -0.583. The molecule has 8 nitrogen and oxygen atoms in total. The maximum Gasteiger partial charge on any atom is 0.271 e. The third-order valence-electron chi connectivity index (χ3n) is 3.85. The van der Waals surface area contributed by atoms with E-state index in [0.29, 0.717) is 13.1 Å². The number of hydrogen-bond donors (Lipinski definition) is 2. The molecule has 0 saturated heterocycles. The third-order valence-corrected chi connectivity index (χ3v) is 3.85. The molecule has 0 radical (unpaired) electrons. The van der Waals surface area contributed by atoms with Crippen molar-refractivity contribution < 1.29 is 9.47 Å². The van der Waals surface area contributed by atoms with Crippen LogP contribution in [0.1, 0.15) is 25.7 Å². The van der Waals surface area contributed by atoms with Gasteiger partial charge in [0.15, 0.2) is 11.5 Å². The molecule has 0 bridgehead atoms. The lowest BCUT2D eigenvalue weighted by Gasteiger charge is -2.12. The molecule has 0 aliphatic rings. The molecule has 0 heterocycles. The average Bonchev–Trinajstić information content (AvgIpc) is 2.60. The lowest BCUT2D eigenvalue weighted by Crippen LogP contribution is -2.35. The van der Waals surface area contributed by atoms with Crippen molar-refractivity contribution in [2.75, 3.05) is 37.9 Å². The van der Waals surface area contributed by atoms with E-state index in [1.54, 1.807) is 0 Å². The summed E-state index contributed by atoms with van der Waals surface area (Å²) in [5.74, 6) is 0.206. The summed E-state index contributed by atoms with van der Waals surface area (Å²) in [6, 6.07) is 0. The number of anilines is 2. The van der Waals surface area contributed by atoms with Gasteiger partial charge >= 0.3 is 0 Å². The Morgan fingerprint density at radius 1 is 0.625 bits per heavy atom. The van der Waals surface area contributed by atoms with Gasteiger partial charge in [0.1, 0.15) is 11.4 Å². The summed E-state index contributed by atoms with van der Waals surface area (Å²) >= 11 is 0. The van der Waals surface area contributed by atoms with Gasteiger partial charge in [0.2, 0.25) is 0 Å². The maximum absolute atomic E-state index is 11.3. The highest BCUT2D eigenvalue weighted by Crippen LogP contribution is 2.17. The fourth-order valence-electron chi connectivity index (χ4n) is 2.48. The van der Waals surface area contributed by atoms with E-state index in [2.05, 4.69) is 10.6 Å². The standard InChI is InChI=1S/C16H20N2O6/c1-23-15-9(11(19)13(15)21)17-7-5-3-4-6-8-18-10-12(20)14(22)16(10)24-2/h17-18H,3-8H2,1-2H3. The Balaban J connectivity index is 1.58. The normalized spacial score (nSPS) is 10.9. The SMILES string of the molecule is COc1c(NCCCCCCNc2c(OC)c(=O)c2=O)c(=O)c1=O. The zero-order valence-electron chi connectivity index (χ0n) is 13.7. The fourth-order valence-corrected chi connectivity index (χ4v) is 2.48. The molecule has 0 fully saturated rings. The second kappa shape index (κ2) is 7.76. The van der Waals surface area contributed by atoms with Gasteiger partial charge in [0.05, 0.1) is 14.2 Å². The van der Waals surface area contributed by atoms with Crippen LogP contribution >= 0.6 is 0 Å². The minimum absolute atomic E-state index is 0.103. The van der Waals surface area contributed by atoms with Gasteiger partial charge in [-0.2, -0.15) is 0 Å². The highest BCUT2D eigenvalue weighted by molar-refractivity contribution is 5.62. The Kier molecular flexibility index (Phi) is 5.73. The number of ether oxygens (including phenoxy) is 2. The predicted molar refractivity (Wildman–Crippen MR) is 91.3 cm³/mol. The van der Waals surface area contributed by atoms with Crippen molar-refractivity contribution >= 4 is 11.4 Å². The molecule has 0 aromatic heterocycles. The van der Waals surface area contributed by atoms with Gasteiger partial charge in [0, 0.05) is 13.1 Å². The van der Waals surface area contributed by atoms with E-state index >= 15 is 0 Å². The zero-order valence-corrected chi connectivity index (χ0v) is 13.7. The van der Waals surface area contributed by atoms with Crippen LogP contribution in [0.25, 0.3) is 0 Å². The van der Waals surface area contributed by atoms with Crippen LogP contribution in [0.4, 0.5) is 11.4 Å². The first-order valence-electron chi connectivity index (χ1n) is 7.75. The summed E-state index contributed by atoms with van der Waals surface area (Å²) < 4.78 is 9.67. The topological polar surface area (TPSA) is 111 Å². The van der Waals surface area contributed by atoms with Crippen LogP contribution in [0.3, 0.4) is 0 Å². The Morgan fingerprint density at radius 3 is 1.33 bits per heavy atom. The van der Waals surface area contributed by atoms with Gasteiger partial charge in [-0.15, -0.1) is 0 Å². The van der Waals surface area contributed by atoms with E-state index in [9.17, 15) is 19.2 Å². The van der Waals surface area contributed by atoms with Crippen molar-refractivity contribution in [3.63, 3.8) is 0 Å². The van der Waals surface area contributed by atoms with Gasteiger partial charge < -0.3 is 20.1 Å². The van der Waals surface area contributed by atoms with Crippen molar-refractivity contribution in [1.82, 2.24) is 0 Å². The highest BCUT2D eigenvalue weighted by Gasteiger charge is 2.21. The first-order valence-corrected chi connectivity index (χ1v) is 7.75. The molecule has 2 aromatic carbocycles. The van der Waals surface area contributed by atoms with Gasteiger partial charge in [-0.1, -0.05) is 12.8 Å². The van der Waals surface area contributed by atoms with Crippen molar-refractivity contribution in [2.24, 2.45) is 0 Å². The first kappa shape index (κ1) is 17.7. The Bertz CT molecular complexity index is 769. The van der Waals surface area contributed by atoms with E-state index in [4.69, 9.17) is 9.47 Å². The molecule has 130 valence electrons. The van der Waals surface area contributed by atoms with Crippen LogP contribution in [-0.2, 0) is 0 Å². The average molecular weight is 336 g/mol. The molecule has 0 unspecified atom stereocenters. The van der Waals surface area contributed by atoms with Crippen LogP contribution in [0.5, 0.6) is 11.5 Å². The van der Waals surface area contributed by atoms with Crippen molar-refractivity contribution in [3.8, 4) is 11.5 Å². The molecule has 0 aliphatic carbocycles. The molecule has 24 heavy (non-hydrogen) atoms. The molecule has 2 N–H and O–H groups in total. The predicted octanol–water partition coefficient (Wildman–Crippen LogP) is -0.0198. The number of rotatable bonds is 11. The number of methoxy groups -OCH3 is 2. The van der Waals surface area contributed by atoms with Crippen molar-refractivity contribution in [3.05, 3.63) is 40.9 Å². The Hall–Kier alpha value is -2.64. The van der Waals surface area contributed by atoms with Crippen LogP contribution in [0.15, 0.2) is 19.2 Å². The van der Waals surface area contributed by atoms with Crippen molar-refractivity contribution in [1.29, 1.82) is 0 Å². The monoisotopic (exact) mass is 336 g/mol. The van der Waals surface area contributed by atoms with E-state index in [0.717, 1.165) is 25.7 Å². The summed E-state index contributed by atoms with van der Waals surface area (Å²) in [5, 5.41) is 5.83. The smallest absolute Gasteiger partial charge is 0.271 e. The third kappa shape index (κ3) is 3.32. The molecule has 0 amide bonds.